The van der Waals surface area contributed by atoms with Crippen LogP contribution >= 0.6 is 27.3 Å². The van der Waals surface area contributed by atoms with E-state index in [-0.39, 0.29) is 0 Å². The first-order chi connectivity index (χ1) is 9.22. The molecule has 2 rings (SSSR count). The van der Waals surface area contributed by atoms with Crippen LogP contribution in [0.4, 0.5) is 0 Å². The maximum absolute atomic E-state index is 5.79. The van der Waals surface area contributed by atoms with E-state index < -0.39 is 0 Å². The van der Waals surface area contributed by atoms with Gasteiger partial charge in [-0.25, -0.2) is 4.98 Å². The summed E-state index contributed by atoms with van der Waals surface area (Å²) >= 11 is 5.23. The highest BCUT2D eigenvalue weighted by Gasteiger charge is 2.05. The number of aryl methyl sites for hydroxylation is 1. The average Bonchev–Trinajstić information content (AvgIpc) is 2.86. The Bertz CT molecular complexity index is 542. The summed E-state index contributed by atoms with van der Waals surface area (Å²) in [4.78, 5) is 4.49. The molecule has 0 spiro atoms. The fourth-order valence-corrected chi connectivity index (χ4v) is 2.97. The average molecular weight is 341 g/mol. The van der Waals surface area contributed by atoms with E-state index in [0.29, 0.717) is 6.61 Å². The second-order valence-corrected chi connectivity index (χ2v) is 5.97. The summed E-state index contributed by atoms with van der Waals surface area (Å²) in [5.41, 5.74) is 2.22. The van der Waals surface area contributed by atoms with Gasteiger partial charge in [-0.2, -0.15) is 0 Å². The molecule has 0 saturated carbocycles. The molecule has 1 aromatic heterocycles. The SMILES string of the molecule is CCc1nc(COc2ccc(CNC)cc2Br)cs1. The Morgan fingerprint density at radius 3 is 2.89 bits per heavy atom. The minimum absolute atomic E-state index is 0.514. The maximum atomic E-state index is 5.79. The van der Waals surface area contributed by atoms with Gasteiger partial charge in [-0.15, -0.1) is 11.3 Å². The van der Waals surface area contributed by atoms with E-state index in [4.69, 9.17) is 4.74 Å². The molecule has 0 amide bonds. The molecule has 0 bridgehead atoms. The Morgan fingerprint density at radius 1 is 1.42 bits per heavy atom. The summed E-state index contributed by atoms with van der Waals surface area (Å²) in [7, 11) is 1.94. The first-order valence-corrected chi connectivity index (χ1v) is 7.89. The van der Waals surface area contributed by atoms with Crippen molar-refractivity contribution >= 4 is 27.3 Å². The molecule has 0 unspecified atom stereocenters. The molecule has 2 aromatic rings. The number of hydrogen-bond acceptors (Lipinski definition) is 4. The molecule has 0 aliphatic heterocycles. The highest BCUT2D eigenvalue weighted by atomic mass is 79.9. The van der Waals surface area contributed by atoms with Crippen molar-refractivity contribution in [2.75, 3.05) is 7.05 Å². The van der Waals surface area contributed by atoms with Gasteiger partial charge < -0.3 is 10.1 Å². The molecule has 102 valence electrons. The summed E-state index contributed by atoms with van der Waals surface area (Å²) in [6.07, 6.45) is 0.979. The van der Waals surface area contributed by atoms with Gasteiger partial charge in [0.25, 0.3) is 0 Å². The van der Waals surface area contributed by atoms with Crippen molar-refractivity contribution in [3.8, 4) is 5.75 Å². The second kappa shape index (κ2) is 7.03. The molecule has 0 aliphatic carbocycles. The molecule has 1 N–H and O–H groups in total. The Labute approximate surface area is 126 Å². The van der Waals surface area contributed by atoms with Crippen molar-refractivity contribution in [1.82, 2.24) is 10.3 Å². The third-order valence-corrected chi connectivity index (χ3v) is 4.32. The molecule has 0 fully saturated rings. The predicted octanol–water partition coefficient (Wildman–Crippen LogP) is 3.77. The van der Waals surface area contributed by atoms with Gasteiger partial charge in [0.05, 0.1) is 15.2 Å². The molecule has 3 nitrogen and oxygen atoms in total. The van der Waals surface area contributed by atoms with E-state index in [0.717, 1.165) is 33.9 Å². The Morgan fingerprint density at radius 2 is 2.26 bits per heavy atom. The number of rotatable bonds is 6. The lowest BCUT2D eigenvalue weighted by Gasteiger charge is -2.08. The van der Waals surface area contributed by atoms with Crippen molar-refractivity contribution in [3.05, 3.63) is 44.3 Å². The molecule has 0 atom stereocenters. The van der Waals surface area contributed by atoms with E-state index in [2.05, 4.69) is 50.7 Å². The molecule has 0 radical (unpaired) electrons. The monoisotopic (exact) mass is 340 g/mol. The lowest BCUT2D eigenvalue weighted by molar-refractivity contribution is 0.300. The molecule has 5 heteroatoms. The molecular weight excluding hydrogens is 324 g/mol. The molecule has 1 aromatic carbocycles. The Hall–Kier alpha value is -0.910. The largest absolute Gasteiger partial charge is 0.486 e. The van der Waals surface area contributed by atoms with Gasteiger partial charge in [-0.05, 0) is 47.1 Å². The zero-order chi connectivity index (χ0) is 13.7. The van der Waals surface area contributed by atoms with Gasteiger partial charge in [0, 0.05) is 11.9 Å². The minimum atomic E-state index is 0.514. The second-order valence-electron chi connectivity index (χ2n) is 4.17. The smallest absolute Gasteiger partial charge is 0.134 e. The molecular formula is C14H17BrN2OS. The van der Waals surface area contributed by atoms with Crippen LogP contribution in [0.25, 0.3) is 0 Å². The number of thiazole rings is 1. The quantitative estimate of drug-likeness (QED) is 0.869. The maximum Gasteiger partial charge on any atom is 0.134 e. The number of nitrogens with one attached hydrogen (secondary N) is 1. The van der Waals surface area contributed by atoms with E-state index in [9.17, 15) is 0 Å². The number of halogens is 1. The van der Waals surface area contributed by atoms with Crippen LogP contribution in [0, 0.1) is 0 Å². The third kappa shape index (κ3) is 4.03. The zero-order valence-corrected chi connectivity index (χ0v) is 13.5. The summed E-state index contributed by atoms with van der Waals surface area (Å²) in [6, 6.07) is 6.13. The lowest BCUT2D eigenvalue weighted by Crippen LogP contribution is -2.05. The van der Waals surface area contributed by atoms with E-state index in [1.165, 1.54) is 5.56 Å². The van der Waals surface area contributed by atoms with Gasteiger partial charge in [-0.3, -0.25) is 0 Å². The van der Waals surface area contributed by atoms with Crippen LogP contribution in [0.1, 0.15) is 23.2 Å². The summed E-state index contributed by atoms with van der Waals surface area (Å²) in [5, 5.41) is 6.34. The molecule has 19 heavy (non-hydrogen) atoms. The summed E-state index contributed by atoms with van der Waals surface area (Å²) in [5.74, 6) is 0.853. The fourth-order valence-electron chi connectivity index (χ4n) is 1.70. The standard InChI is InChI=1S/C14H17BrN2OS/c1-3-14-17-11(9-19-14)8-18-13-5-4-10(7-16-2)6-12(13)15/h4-6,9,16H,3,7-8H2,1-2H3. The number of hydrogen-bond donors (Lipinski definition) is 1. The van der Waals surface area contributed by atoms with Crippen LogP contribution in [0.15, 0.2) is 28.1 Å². The van der Waals surface area contributed by atoms with Gasteiger partial charge in [0.15, 0.2) is 0 Å². The van der Waals surface area contributed by atoms with Crippen LogP contribution < -0.4 is 10.1 Å². The van der Waals surface area contributed by atoms with E-state index >= 15 is 0 Å². The predicted molar refractivity (Wildman–Crippen MR) is 82.7 cm³/mol. The van der Waals surface area contributed by atoms with Gasteiger partial charge in [0.2, 0.25) is 0 Å². The number of benzene rings is 1. The van der Waals surface area contributed by atoms with Crippen LogP contribution in [0.3, 0.4) is 0 Å². The van der Waals surface area contributed by atoms with E-state index in [1.807, 2.05) is 13.1 Å². The summed E-state index contributed by atoms with van der Waals surface area (Å²) in [6.45, 7) is 3.48. The zero-order valence-electron chi connectivity index (χ0n) is 11.1. The van der Waals surface area contributed by atoms with Gasteiger partial charge in [0.1, 0.15) is 12.4 Å². The number of nitrogens with zero attached hydrogens (tertiary/aromatic N) is 1. The number of ether oxygens (including phenoxy) is 1. The lowest BCUT2D eigenvalue weighted by atomic mass is 10.2. The van der Waals surface area contributed by atoms with Crippen molar-refractivity contribution in [1.29, 1.82) is 0 Å². The van der Waals surface area contributed by atoms with Crippen LogP contribution in [0.2, 0.25) is 0 Å². The highest BCUT2D eigenvalue weighted by Crippen LogP contribution is 2.27. The van der Waals surface area contributed by atoms with Gasteiger partial charge >= 0.3 is 0 Å². The van der Waals surface area contributed by atoms with Gasteiger partial charge in [-0.1, -0.05) is 13.0 Å². The third-order valence-electron chi connectivity index (χ3n) is 2.65. The Kier molecular flexibility index (Phi) is 5.36. The van der Waals surface area contributed by atoms with Crippen LogP contribution in [-0.2, 0) is 19.6 Å². The molecule has 0 saturated heterocycles. The minimum Gasteiger partial charge on any atom is -0.486 e. The normalized spacial score (nSPS) is 10.7. The van der Waals surface area contributed by atoms with Crippen LogP contribution in [-0.4, -0.2) is 12.0 Å². The highest BCUT2D eigenvalue weighted by molar-refractivity contribution is 9.10. The first kappa shape index (κ1) is 14.5. The number of aromatic nitrogens is 1. The molecule has 0 aliphatic rings. The van der Waals surface area contributed by atoms with E-state index in [1.54, 1.807) is 11.3 Å². The first-order valence-electron chi connectivity index (χ1n) is 6.22. The molecule has 1 heterocycles. The fraction of sp³-hybridized carbons (Fsp3) is 0.357. The van der Waals surface area contributed by atoms with Crippen molar-refractivity contribution < 1.29 is 4.74 Å². The van der Waals surface area contributed by atoms with Crippen molar-refractivity contribution in [2.45, 2.75) is 26.5 Å². The van der Waals surface area contributed by atoms with Crippen molar-refractivity contribution in [2.24, 2.45) is 0 Å². The van der Waals surface area contributed by atoms with Crippen molar-refractivity contribution in [3.63, 3.8) is 0 Å². The summed E-state index contributed by atoms with van der Waals surface area (Å²) < 4.78 is 6.77. The topological polar surface area (TPSA) is 34.1 Å². The Balaban J connectivity index is 1.99. The van der Waals surface area contributed by atoms with Crippen LogP contribution in [0.5, 0.6) is 5.75 Å².